The summed E-state index contributed by atoms with van der Waals surface area (Å²) in [4.78, 5) is 16.9. The SMILES string of the molecule is COc1ccc(C)cc1NC(=O)c1ccnc(Nc2cccc(C#N)c2)c1. The van der Waals surface area contributed by atoms with E-state index in [1.165, 1.54) is 0 Å². The molecule has 0 aliphatic rings. The number of methoxy groups -OCH3 is 1. The maximum Gasteiger partial charge on any atom is 0.255 e. The van der Waals surface area contributed by atoms with Crippen LogP contribution in [0.3, 0.4) is 0 Å². The molecular weight excluding hydrogens is 340 g/mol. The standard InChI is InChI=1S/C21H18N4O2/c1-14-6-7-19(27-2)18(10-14)25-21(26)16-8-9-23-20(12-16)24-17-5-3-4-15(11-17)13-22/h3-12H,1-2H3,(H,23,24)(H,25,26). The molecule has 6 nitrogen and oxygen atoms in total. The van der Waals surface area contributed by atoms with Crippen LogP contribution in [0.25, 0.3) is 0 Å². The second-order valence-corrected chi connectivity index (χ2v) is 5.91. The molecule has 6 heteroatoms. The molecule has 0 atom stereocenters. The summed E-state index contributed by atoms with van der Waals surface area (Å²) in [6, 6.07) is 18.0. The molecule has 3 aromatic rings. The number of benzene rings is 2. The molecule has 0 saturated heterocycles. The monoisotopic (exact) mass is 358 g/mol. The Labute approximate surface area is 157 Å². The number of nitrogens with zero attached hydrogens (tertiary/aromatic N) is 2. The van der Waals surface area contributed by atoms with E-state index in [9.17, 15) is 4.79 Å². The van der Waals surface area contributed by atoms with Crippen molar-refractivity contribution in [1.29, 1.82) is 5.26 Å². The maximum atomic E-state index is 12.6. The van der Waals surface area contributed by atoms with E-state index in [0.717, 1.165) is 11.3 Å². The van der Waals surface area contributed by atoms with Crippen molar-refractivity contribution in [1.82, 2.24) is 4.98 Å². The van der Waals surface area contributed by atoms with Gasteiger partial charge in [0, 0.05) is 17.4 Å². The van der Waals surface area contributed by atoms with E-state index in [1.54, 1.807) is 43.6 Å². The summed E-state index contributed by atoms with van der Waals surface area (Å²) in [5.74, 6) is 0.832. The number of ether oxygens (including phenoxy) is 1. The highest BCUT2D eigenvalue weighted by Crippen LogP contribution is 2.26. The first-order valence-corrected chi connectivity index (χ1v) is 8.28. The Morgan fingerprint density at radius 2 is 2.00 bits per heavy atom. The van der Waals surface area contributed by atoms with Crippen molar-refractivity contribution in [3.05, 3.63) is 77.5 Å². The highest BCUT2D eigenvalue weighted by Gasteiger charge is 2.11. The van der Waals surface area contributed by atoms with Crippen molar-refractivity contribution < 1.29 is 9.53 Å². The van der Waals surface area contributed by atoms with Crippen LogP contribution in [-0.4, -0.2) is 18.0 Å². The third kappa shape index (κ3) is 4.41. The zero-order chi connectivity index (χ0) is 19.2. The smallest absolute Gasteiger partial charge is 0.255 e. The Morgan fingerprint density at radius 3 is 2.78 bits per heavy atom. The Balaban J connectivity index is 1.80. The van der Waals surface area contributed by atoms with Gasteiger partial charge in [-0.15, -0.1) is 0 Å². The van der Waals surface area contributed by atoms with Gasteiger partial charge in [0.15, 0.2) is 0 Å². The molecule has 0 aliphatic heterocycles. The molecule has 2 aromatic carbocycles. The summed E-state index contributed by atoms with van der Waals surface area (Å²) >= 11 is 0. The van der Waals surface area contributed by atoms with Crippen molar-refractivity contribution in [2.75, 3.05) is 17.7 Å². The predicted octanol–water partition coefficient (Wildman–Crippen LogP) is 4.27. The summed E-state index contributed by atoms with van der Waals surface area (Å²) in [5.41, 5.74) is 3.34. The number of amides is 1. The molecule has 0 saturated carbocycles. The lowest BCUT2D eigenvalue weighted by Gasteiger charge is -2.12. The fourth-order valence-electron chi connectivity index (χ4n) is 2.57. The topological polar surface area (TPSA) is 87.0 Å². The summed E-state index contributed by atoms with van der Waals surface area (Å²) in [6.07, 6.45) is 1.55. The van der Waals surface area contributed by atoms with Gasteiger partial charge in [-0.3, -0.25) is 4.79 Å². The van der Waals surface area contributed by atoms with Crippen LogP contribution in [0.5, 0.6) is 5.75 Å². The minimum absolute atomic E-state index is 0.268. The normalized spacial score (nSPS) is 9.96. The minimum Gasteiger partial charge on any atom is -0.495 e. The Bertz CT molecular complexity index is 1020. The number of anilines is 3. The molecule has 0 bridgehead atoms. The van der Waals surface area contributed by atoms with Crippen LogP contribution >= 0.6 is 0 Å². The summed E-state index contributed by atoms with van der Waals surface area (Å²) in [7, 11) is 1.56. The number of pyridine rings is 1. The van der Waals surface area contributed by atoms with Crippen molar-refractivity contribution in [2.45, 2.75) is 6.92 Å². The van der Waals surface area contributed by atoms with Gasteiger partial charge in [0.2, 0.25) is 0 Å². The molecule has 0 spiro atoms. The fraction of sp³-hybridized carbons (Fsp3) is 0.0952. The largest absolute Gasteiger partial charge is 0.495 e. The highest BCUT2D eigenvalue weighted by atomic mass is 16.5. The maximum absolute atomic E-state index is 12.6. The van der Waals surface area contributed by atoms with E-state index in [0.29, 0.717) is 28.4 Å². The van der Waals surface area contributed by atoms with E-state index in [2.05, 4.69) is 21.7 Å². The lowest BCUT2D eigenvalue weighted by Crippen LogP contribution is -2.13. The highest BCUT2D eigenvalue weighted by molar-refractivity contribution is 6.05. The zero-order valence-electron chi connectivity index (χ0n) is 15.0. The molecule has 1 aromatic heterocycles. The third-order valence-corrected chi connectivity index (χ3v) is 3.89. The second-order valence-electron chi connectivity index (χ2n) is 5.91. The van der Waals surface area contributed by atoms with Gasteiger partial charge in [-0.25, -0.2) is 4.98 Å². The van der Waals surface area contributed by atoms with Gasteiger partial charge in [-0.05, 0) is 55.0 Å². The molecule has 3 rings (SSSR count). The van der Waals surface area contributed by atoms with Gasteiger partial charge in [0.1, 0.15) is 11.6 Å². The van der Waals surface area contributed by atoms with Gasteiger partial charge in [0.25, 0.3) is 5.91 Å². The molecule has 0 unspecified atom stereocenters. The molecule has 1 amide bonds. The van der Waals surface area contributed by atoms with E-state index in [1.807, 2.05) is 31.2 Å². The Morgan fingerprint density at radius 1 is 1.15 bits per heavy atom. The van der Waals surface area contributed by atoms with Crippen molar-refractivity contribution in [2.24, 2.45) is 0 Å². The third-order valence-electron chi connectivity index (χ3n) is 3.89. The number of nitrogens with one attached hydrogen (secondary N) is 2. The lowest BCUT2D eigenvalue weighted by atomic mass is 10.2. The zero-order valence-corrected chi connectivity index (χ0v) is 15.0. The first-order valence-electron chi connectivity index (χ1n) is 8.28. The number of carbonyl (C=O) groups is 1. The van der Waals surface area contributed by atoms with Crippen molar-refractivity contribution in [3.8, 4) is 11.8 Å². The van der Waals surface area contributed by atoms with Crippen LogP contribution in [0.2, 0.25) is 0 Å². The average molecular weight is 358 g/mol. The number of aromatic nitrogens is 1. The van der Waals surface area contributed by atoms with Gasteiger partial charge < -0.3 is 15.4 Å². The minimum atomic E-state index is -0.268. The van der Waals surface area contributed by atoms with Gasteiger partial charge in [-0.1, -0.05) is 12.1 Å². The van der Waals surface area contributed by atoms with E-state index in [-0.39, 0.29) is 5.91 Å². The van der Waals surface area contributed by atoms with E-state index < -0.39 is 0 Å². The molecule has 134 valence electrons. The molecule has 27 heavy (non-hydrogen) atoms. The molecule has 1 heterocycles. The van der Waals surface area contributed by atoms with Crippen molar-refractivity contribution in [3.63, 3.8) is 0 Å². The van der Waals surface area contributed by atoms with Crippen LogP contribution in [0.1, 0.15) is 21.5 Å². The van der Waals surface area contributed by atoms with Gasteiger partial charge in [-0.2, -0.15) is 5.26 Å². The fourth-order valence-corrected chi connectivity index (χ4v) is 2.57. The first-order chi connectivity index (χ1) is 13.1. The molecule has 0 radical (unpaired) electrons. The lowest BCUT2D eigenvalue weighted by molar-refractivity contribution is 0.102. The van der Waals surface area contributed by atoms with Crippen LogP contribution in [-0.2, 0) is 0 Å². The van der Waals surface area contributed by atoms with Crippen molar-refractivity contribution >= 4 is 23.1 Å². The quantitative estimate of drug-likeness (QED) is 0.711. The summed E-state index contributed by atoms with van der Waals surface area (Å²) in [5, 5.41) is 15.0. The summed E-state index contributed by atoms with van der Waals surface area (Å²) in [6.45, 7) is 1.94. The second kappa shape index (κ2) is 8.02. The number of aryl methyl sites for hydroxylation is 1. The van der Waals surface area contributed by atoms with Crippen LogP contribution in [0.4, 0.5) is 17.2 Å². The van der Waals surface area contributed by atoms with Crippen LogP contribution in [0.15, 0.2) is 60.8 Å². The number of hydrogen-bond acceptors (Lipinski definition) is 5. The van der Waals surface area contributed by atoms with Gasteiger partial charge in [0.05, 0.1) is 24.4 Å². The Kier molecular flexibility index (Phi) is 5.33. The first kappa shape index (κ1) is 18.0. The average Bonchev–Trinajstić information content (AvgIpc) is 2.68. The molecule has 2 N–H and O–H groups in total. The molecular formula is C21H18N4O2. The number of rotatable bonds is 5. The number of hydrogen-bond donors (Lipinski definition) is 2. The van der Waals surface area contributed by atoms with E-state index >= 15 is 0 Å². The predicted molar refractivity (Wildman–Crippen MR) is 104 cm³/mol. The van der Waals surface area contributed by atoms with Crippen LogP contribution < -0.4 is 15.4 Å². The summed E-state index contributed by atoms with van der Waals surface area (Å²) < 4.78 is 5.30. The Hall–Kier alpha value is -3.85. The molecule has 0 aliphatic carbocycles. The van der Waals surface area contributed by atoms with E-state index in [4.69, 9.17) is 10.00 Å². The molecule has 0 fully saturated rings. The number of carbonyl (C=O) groups excluding carboxylic acids is 1. The van der Waals surface area contributed by atoms with Gasteiger partial charge >= 0.3 is 0 Å². The van der Waals surface area contributed by atoms with Crippen LogP contribution in [0, 0.1) is 18.3 Å². The number of nitriles is 1.